The number of pyridine rings is 2. The first-order valence-electron chi connectivity index (χ1n) is 5.85. The monoisotopic (exact) mass is 323 g/mol. The van der Waals surface area contributed by atoms with Gasteiger partial charge in [0.05, 0.1) is 5.02 Å². The Balaban J connectivity index is 2.13. The van der Waals surface area contributed by atoms with E-state index in [1.165, 1.54) is 16.7 Å². The summed E-state index contributed by atoms with van der Waals surface area (Å²) in [6, 6.07) is 8.21. The van der Waals surface area contributed by atoms with Crippen molar-refractivity contribution in [2.45, 2.75) is 5.03 Å². The molecule has 108 valence electrons. The third-order valence-electron chi connectivity index (χ3n) is 2.76. The quantitative estimate of drug-likeness (QED) is 0.764. The highest BCUT2D eigenvalue weighted by Gasteiger charge is 2.25. The first-order chi connectivity index (χ1) is 9.99. The molecule has 0 atom stereocenters. The van der Waals surface area contributed by atoms with Crippen LogP contribution in [0.3, 0.4) is 0 Å². The van der Waals surface area contributed by atoms with Crippen molar-refractivity contribution in [1.82, 2.24) is 14.4 Å². The highest BCUT2D eigenvalue weighted by molar-refractivity contribution is 7.92. The minimum Gasteiger partial charge on any atom is -0.381 e. The number of aromatic nitrogens is 3. The van der Waals surface area contributed by atoms with Crippen LogP contribution in [-0.2, 0) is 10.0 Å². The molecule has 0 saturated carbocycles. The van der Waals surface area contributed by atoms with Gasteiger partial charge in [-0.25, -0.2) is 9.97 Å². The lowest BCUT2D eigenvalue weighted by Crippen LogP contribution is -2.17. The topological polar surface area (TPSA) is 102 Å². The number of nitrogen functional groups attached to an aromatic ring is 1. The van der Waals surface area contributed by atoms with Crippen LogP contribution in [0.25, 0.3) is 5.65 Å². The van der Waals surface area contributed by atoms with Crippen LogP contribution in [0, 0.1) is 0 Å². The van der Waals surface area contributed by atoms with Gasteiger partial charge in [-0.05, 0) is 24.3 Å². The summed E-state index contributed by atoms with van der Waals surface area (Å²) in [5.74, 6) is -0.0646. The normalized spacial score (nSPS) is 11.7. The molecule has 7 nitrogen and oxygen atoms in total. The maximum atomic E-state index is 12.5. The van der Waals surface area contributed by atoms with Crippen LogP contribution in [0.2, 0.25) is 5.02 Å². The van der Waals surface area contributed by atoms with E-state index < -0.39 is 10.0 Å². The molecule has 3 aromatic heterocycles. The van der Waals surface area contributed by atoms with Crippen molar-refractivity contribution in [2.75, 3.05) is 10.5 Å². The number of halogens is 1. The highest BCUT2D eigenvalue weighted by atomic mass is 35.5. The van der Waals surface area contributed by atoms with E-state index in [1.54, 1.807) is 30.5 Å². The van der Waals surface area contributed by atoms with Gasteiger partial charge in [0, 0.05) is 12.4 Å². The summed E-state index contributed by atoms with van der Waals surface area (Å²) in [5.41, 5.74) is 6.16. The van der Waals surface area contributed by atoms with Gasteiger partial charge in [-0.3, -0.25) is 9.12 Å². The molecule has 0 aliphatic rings. The van der Waals surface area contributed by atoms with Gasteiger partial charge in [0.15, 0.2) is 11.6 Å². The molecule has 0 spiro atoms. The Morgan fingerprint density at radius 3 is 2.81 bits per heavy atom. The van der Waals surface area contributed by atoms with Gasteiger partial charge >= 0.3 is 0 Å². The van der Waals surface area contributed by atoms with E-state index in [9.17, 15) is 8.42 Å². The van der Waals surface area contributed by atoms with Crippen molar-refractivity contribution in [3.05, 3.63) is 47.7 Å². The van der Waals surface area contributed by atoms with Crippen molar-refractivity contribution in [1.29, 1.82) is 0 Å². The van der Waals surface area contributed by atoms with Crippen molar-refractivity contribution in [2.24, 2.45) is 0 Å². The zero-order valence-electron chi connectivity index (χ0n) is 10.6. The van der Waals surface area contributed by atoms with Gasteiger partial charge in [-0.2, -0.15) is 8.42 Å². The molecule has 0 amide bonds. The van der Waals surface area contributed by atoms with Gasteiger partial charge < -0.3 is 5.73 Å². The summed E-state index contributed by atoms with van der Waals surface area (Å²) in [6.45, 7) is 0. The fraction of sp³-hybridized carbons (Fsp3) is 0. The molecule has 0 aliphatic heterocycles. The van der Waals surface area contributed by atoms with Gasteiger partial charge in [0.25, 0.3) is 10.0 Å². The summed E-state index contributed by atoms with van der Waals surface area (Å²) >= 11 is 5.91. The Hall–Kier alpha value is -2.32. The Morgan fingerprint density at radius 1 is 1.24 bits per heavy atom. The summed E-state index contributed by atoms with van der Waals surface area (Å²) in [5, 5.41) is 0.0355. The molecule has 0 aromatic carbocycles. The molecule has 0 bridgehead atoms. The van der Waals surface area contributed by atoms with E-state index in [1.807, 2.05) is 0 Å². The third kappa shape index (κ3) is 2.39. The molecule has 0 fully saturated rings. The number of imidazole rings is 1. The Bertz CT molecular complexity index is 922. The largest absolute Gasteiger partial charge is 0.381 e. The number of rotatable bonds is 3. The lowest BCUT2D eigenvalue weighted by atomic mass is 10.5. The van der Waals surface area contributed by atoms with Gasteiger partial charge in [-0.1, -0.05) is 17.7 Å². The van der Waals surface area contributed by atoms with Crippen LogP contribution in [0.5, 0.6) is 0 Å². The first kappa shape index (κ1) is 13.7. The summed E-state index contributed by atoms with van der Waals surface area (Å²) in [7, 11) is -3.97. The SMILES string of the molecule is Nc1nc2ccccn2c1S(=O)(=O)Nc1ncccc1Cl. The van der Waals surface area contributed by atoms with E-state index >= 15 is 0 Å². The van der Waals surface area contributed by atoms with Crippen LogP contribution in [0.15, 0.2) is 47.8 Å². The van der Waals surface area contributed by atoms with Crippen molar-refractivity contribution in [3.8, 4) is 0 Å². The molecule has 3 heterocycles. The molecule has 0 unspecified atom stereocenters. The number of fused-ring (bicyclic) bond motifs is 1. The lowest BCUT2D eigenvalue weighted by molar-refractivity contribution is 0.597. The van der Waals surface area contributed by atoms with Crippen LogP contribution >= 0.6 is 11.6 Å². The summed E-state index contributed by atoms with van der Waals surface area (Å²) in [6.07, 6.45) is 2.99. The number of anilines is 2. The maximum Gasteiger partial charge on any atom is 0.282 e. The highest BCUT2D eigenvalue weighted by Crippen LogP contribution is 2.25. The maximum absolute atomic E-state index is 12.5. The predicted octanol–water partition coefficient (Wildman–Crippen LogP) is 1.77. The molecule has 3 N–H and O–H groups in total. The average molecular weight is 324 g/mol. The molecule has 21 heavy (non-hydrogen) atoms. The summed E-state index contributed by atoms with van der Waals surface area (Å²) < 4.78 is 28.7. The first-order valence-corrected chi connectivity index (χ1v) is 7.71. The van der Waals surface area contributed by atoms with Gasteiger partial charge in [0.1, 0.15) is 5.65 Å². The molecule has 9 heteroatoms. The van der Waals surface area contributed by atoms with E-state index in [-0.39, 0.29) is 21.7 Å². The smallest absolute Gasteiger partial charge is 0.282 e. The van der Waals surface area contributed by atoms with Crippen LogP contribution in [0.1, 0.15) is 0 Å². The molecule has 3 rings (SSSR count). The second-order valence-corrected chi connectivity index (χ2v) is 6.18. The van der Waals surface area contributed by atoms with Gasteiger partial charge in [-0.15, -0.1) is 0 Å². The lowest BCUT2D eigenvalue weighted by Gasteiger charge is -2.08. The van der Waals surface area contributed by atoms with Crippen LogP contribution in [0.4, 0.5) is 11.6 Å². The molecule has 0 aliphatic carbocycles. The van der Waals surface area contributed by atoms with Gasteiger partial charge in [0.2, 0.25) is 5.03 Å². The Kier molecular flexibility index (Phi) is 3.19. The van der Waals surface area contributed by atoms with E-state index in [2.05, 4.69) is 14.7 Å². The third-order valence-corrected chi connectivity index (χ3v) is 4.44. The van der Waals surface area contributed by atoms with Crippen LogP contribution < -0.4 is 10.5 Å². The van der Waals surface area contributed by atoms with E-state index in [4.69, 9.17) is 17.3 Å². The second kappa shape index (κ2) is 4.90. The molecular weight excluding hydrogens is 314 g/mol. The van der Waals surface area contributed by atoms with Crippen molar-refractivity contribution in [3.63, 3.8) is 0 Å². The fourth-order valence-electron chi connectivity index (χ4n) is 1.90. The molecule has 0 radical (unpaired) electrons. The summed E-state index contributed by atoms with van der Waals surface area (Å²) in [4.78, 5) is 7.90. The number of hydrogen-bond acceptors (Lipinski definition) is 5. The molecule has 0 saturated heterocycles. The van der Waals surface area contributed by atoms with E-state index in [0.717, 1.165) is 0 Å². The number of nitrogens with one attached hydrogen (secondary N) is 1. The fourth-order valence-corrected chi connectivity index (χ4v) is 3.37. The minimum atomic E-state index is -3.97. The van der Waals surface area contributed by atoms with E-state index in [0.29, 0.717) is 5.65 Å². The Morgan fingerprint density at radius 2 is 2.05 bits per heavy atom. The van der Waals surface area contributed by atoms with Crippen molar-refractivity contribution < 1.29 is 8.42 Å². The predicted molar refractivity (Wildman–Crippen MR) is 79.7 cm³/mol. The molecule has 3 aromatic rings. The van der Waals surface area contributed by atoms with Crippen LogP contribution in [-0.4, -0.2) is 22.8 Å². The number of hydrogen-bond donors (Lipinski definition) is 2. The minimum absolute atomic E-state index is 0.0319. The van der Waals surface area contributed by atoms with Crippen molar-refractivity contribution >= 4 is 38.9 Å². The number of nitrogens with two attached hydrogens (primary N) is 1. The number of sulfonamides is 1. The zero-order valence-corrected chi connectivity index (χ0v) is 12.1. The second-order valence-electron chi connectivity index (χ2n) is 4.17. The zero-order chi connectivity index (χ0) is 15.0. The standard InChI is InChI=1S/C12H10ClN5O2S/c13-8-4-3-6-15-11(8)17-21(19,20)12-10(14)16-9-5-1-2-7-18(9)12/h1-7H,14H2,(H,15,17). The Labute approximate surface area is 125 Å². The average Bonchev–Trinajstić information content (AvgIpc) is 2.77. The molecular formula is C12H10ClN5O2S. The number of nitrogens with zero attached hydrogens (tertiary/aromatic N) is 3.